The Morgan fingerprint density at radius 3 is 2.71 bits per heavy atom. The Hall–Kier alpha value is -3.06. The summed E-state index contributed by atoms with van der Waals surface area (Å²) in [6, 6.07) is 11.6. The van der Waals surface area contributed by atoms with E-state index in [4.69, 9.17) is 0 Å². The molecule has 0 spiro atoms. The van der Waals surface area contributed by atoms with E-state index in [1.165, 1.54) is 6.07 Å². The number of amides is 1. The molecule has 3 aromatic rings. The van der Waals surface area contributed by atoms with Crippen LogP contribution in [0.5, 0.6) is 0 Å². The standard InChI is InChI=1S/C24H27FN4O2/c1-2-21(19-5-3-4-6-20(19)25)28-23(31)15-7-8-16-14-26-24(29-22(16)13-15)27-17-9-11-18(30)12-10-17/h3-8,13-14,17-18,21,30H,2,9-12H2,1H3,(H,28,31)(H,26,27,29)/t17-,18-,21?. The van der Waals surface area contributed by atoms with Gasteiger partial charge in [-0.25, -0.2) is 14.4 Å². The van der Waals surface area contributed by atoms with E-state index in [0.717, 1.165) is 31.1 Å². The molecule has 1 saturated carbocycles. The van der Waals surface area contributed by atoms with Crippen molar-refractivity contribution in [3.8, 4) is 0 Å². The Labute approximate surface area is 180 Å². The van der Waals surface area contributed by atoms with Gasteiger partial charge in [0.05, 0.1) is 17.7 Å². The molecule has 0 bridgehead atoms. The van der Waals surface area contributed by atoms with Crippen LogP contribution in [0.4, 0.5) is 10.3 Å². The number of rotatable bonds is 6. The average molecular weight is 423 g/mol. The number of aliphatic hydroxyl groups is 1. The van der Waals surface area contributed by atoms with E-state index >= 15 is 0 Å². The van der Waals surface area contributed by atoms with E-state index in [-0.39, 0.29) is 23.9 Å². The zero-order chi connectivity index (χ0) is 21.8. The summed E-state index contributed by atoms with van der Waals surface area (Å²) in [6.07, 6.45) is 5.39. The van der Waals surface area contributed by atoms with Gasteiger partial charge < -0.3 is 15.7 Å². The fourth-order valence-corrected chi connectivity index (χ4v) is 4.04. The van der Waals surface area contributed by atoms with Crippen LogP contribution in [-0.2, 0) is 0 Å². The highest BCUT2D eigenvalue weighted by molar-refractivity contribution is 5.98. The molecule has 6 nitrogen and oxygen atoms in total. The maximum Gasteiger partial charge on any atom is 0.251 e. The second-order valence-electron chi connectivity index (χ2n) is 8.07. The molecule has 1 aliphatic rings. The number of carbonyl (C=O) groups is 1. The van der Waals surface area contributed by atoms with Gasteiger partial charge in [-0.05, 0) is 50.3 Å². The molecule has 0 aliphatic heterocycles. The van der Waals surface area contributed by atoms with Crippen molar-refractivity contribution in [3.05, 3.63) is 65.6 Å². The zero-order valence-electron chi connectivity index (χ0n) is 17.5. The average Bonchev–Trinajstić information content (AvgIpc) is 2.79. The van der Waals surface area contributed by atoms with Crippen molar-refractivity contribution in [2.75, 3.05) is 5.32 Å². The molecule has 1 amide bonds. The van der Waals surface area contributed by atoms with E-state index in [1.54, 1.807) is 36.5 Å². The number of fused-ring (bicyclic) bond motifs is 1. The lowest BCUT2D eigenvalue weighted by molar-refractivity contribution is 0.0935. The summed E-state index contributed by atoms with van der Waals surface area (Å²) in [7, 11) is 0. The van der Waals surface area contributed by atoms with Crippen LogP contribution < -0.4 is 10.6 Å². The fourth-order valence-electron chi connectivity index (χ4n) is 4.04. The highest BCUT2D eigenvalue weighted by Crippen LogP contribution is 2.23. The summed E-state index contributed by atoms with van der Waals surface area (Å²) in [5, 5.41) is 16.8. The number of anilines is 1. The quantitative estimate of drug-likeness (QED) is 0.549. The van der Waals surface area contributed by atoms with Crippen molar-refractivity contribution < 1.29 is 14.3 Å². The molecule has 1 atom stereocenters. The Morgan fingerprint density at radius 2 is 1.97 bits per heavy atom. The third-order valence-corrected chi connectivity index (χ3v) is 5.87. The van der Waals surface area contributed by atoms with Crippen molar-refractivity contribution in [1.29, 1.82) is 0 Å². The Kier molecular flexibility index (Phi) is 6.42. The van der Waals surface area contributed by atoms with Crippen molar-refractivity contribution in [1.82, 2.24) is 15.3 Å². The van der Waals surface area contributed by atoms with Gasteiger partial charge in [0, 0.05) is 28.8 Å². The number of hydrogen-bond donors (Lipinski definition) is 3. The molecule has 3 N–H and O–H groups in total. The van der Waals surface area contributed by atoms with Gasteiger partial charge >= 0.3 is 0 Å². The number of nitrogens with zero attached hydrogens (tertiary/aromatic N) is 2. The van der Waals surface area contributed by atoms with Crippen LogP contribution in [0.3, 0.4) is 0 Å². The van der Waals surface area contributed by atoms with Crippen molar-refractivity contribution in [3.63, 3.8) is 0 Å². The molecule has 7 heteroatoms. The minimum Gasteiger partial charge on any atom is -0.393 e. The number of halogens is 1. The van der Waals surface area contributed by atoms with Gasteiger partial charge in [0.15, 0.2) is 0 Å². The normalized spacial score (nSPS) is 19.7. The molecular formula is C24H27FN4O2. The largest absolute Gasteiger partial charge is 0.393 e. The molecule has 1 heterocycles. The van der Waals surface area contributed by atoms with E-state index in [2.05, 4.69) is 20.6 Å². The van der Waals surface area contributed by atoms with Gasteiger partial charge in [-0.2, -0.15) is 0 Å². The molecule has 1 aliphatic carbocycles. The second kappa shape index (κ2) is 9.39. The first kappa shape index (κ1) is 21.2. The minimum atomic E-state index is -0.409. The molecule has 1 fully saturated rings. The Morgan fingerprint density at radius 1 is 1.19 bits per heavy atom. The van der Waals surface area contributed by atoms with E-state index in [1.807, 2.05) is 13.0 Å². The van der Waals surface area contributed by atoms with Crippen LogP contribution in [0.25, 0.3) is 10.9 Å². The number of aromatic nitrogens is 2. The number of aliphatic hydroxyl groups excluding tert-OH is 1. The predicted molar refractivity (Wildman–Crippen MR) is 118 cm³/mol. The molecule has 162 valence electrons. The lowest BCUT2D eigenvalue weighted by atomic mass is 9.93. The van der Waals surface area contributed by atoms with Gasteiger partial charge in [0.2, 0.25) is 5.95 Å². The lowest BCUT2D eigenvalue weighted by Gasteiger charge is -2.26. The van der Waals surface area contributed by atoms with Crippen LogP contribution >= 0.6 is 0 Å². The molecular weight excluding hydrogens is 395 g/mol. The maximum atomic E-state index is 14.2. The van der Waals surface area contributed by atoms with Gasteiger partial charge in [0.1, 0.15) is 5.82 Å². The first-order valence-corrected chi connectivity index (χ1v) is 10.8. The highest BCUT2D eigenvalue weighted by Gasteiger charge is 2.20. The second-order valence-corrected chi connectivity index (χ2v) is 8.07. The summed E-state index contributed by atoms with van der Waals surface area (Å²) in [6.45, 7) is 1.91. The minimum absolute atomic E-state index is 0.215. The third kappa shape index (κ3) is 4.99. The molecule has 2 aromatic carbocycles. The molecule has 1 unspecified atom stereocenters. The predicted octanol–water partition coefficient (Wildman–Crippen LogP) is 4.37. The smallest absolute Gasteiger partial charge is 0.251 e. The number of hydrogen-bond acceptors (Lipinski definition) is 5. The molecule has 0 saturated heterocycles. The number of benzene rings is 2. The summed E-state index contributed by atoms with van der Waals surface area (Å²) in [5.74, 6) is -0.0810. The Bertz CT molecular complexity index is 1070. The van der Waals surface area contributed by atoms with Crippen LogP contribution in [-0.4, -0.2) is 33.1 Å². The fraction of sp³-hybridized carbons (Fsp3) is 0.375. The molecule has 4 rings (SSSR count). The first-order chi connectivity index (χ1) is 15.0. The van der Waals surface area contributed by atoms with E-state index in [0.29, 0.717) is 29.0 Å². The topological polar surface area (TPSA) is 87.1 Å². The summed E-state index contributed by atoms with van der Waals surface area (Å²) >= 11 is 0. The van der Waals surface area contributed by atoms with Crippen LogP contribution in [0.15, 0.2) is 48.7 Å². The third-order valence-electron chi connectivity index (χ3n) is 5.87. The van der Waals surface area contributed by atoms with Gasteiger partial charge in [-0.3, -0.25) is 4.79 Å². The summed E-state index contributed by atoms with van der Waals surface area (Å²) < 4.78 is 14.2. The SMILES string of the molecule is CCC(NC(=O)c1ccc2cnc(N[C@H]3CC[C@H](O)CC3)nc2c1)c1ccccc1F. The lowest BCUT2D eigenvalue weighted by Crippen LogP contribution is -2.29. The maximum absolute atomic E-state index is 14.2. The Balaban J connectivity index is 1.50. The van der Waals surface area contributed by atoms with Crippen LogP contribution in [0.1, 0.15) is 61.0 Å². The van der Waals surface area contributed by atoms with Gasteiger partial charge in [-0.1, -0.05) is 31.2 Å². The molecule has 0 radical (unpaired) electrons. The van der Waals surface area contributed by atoms with Crippen molar-refractivity contribution >= 4 is 22.8 Å². The van der Waals surface area contributed by atoms with Gasteiger partial charge in [-0.15, -0.1) is 0 Å². The monoisotopic (exact) mass is 422 g/mol. The van der Waals surface area contributed by atoms with Crippen molar-refractivity contribution in [2.24, 2.45) is 0 Å². The summed E-state index contributed by atoms with van der Waals surface area (Å²) in [4.78, 5) is 21.8. The zero-order valence-corrected chi connectivity index (χ0v) is 17.5. The first-order valence-electron chi connectivity index (χ1n) is 10.8. The number of carbonyl (C=O) groups excluding carboxylic acids is 1. The highest BCUT2D eigenvalue weighted by atomic mass is 19.1. The number of nitrogens with one attached hydrogen (secondary N) is 2. The van der Waals surface area contributed by atoms with E-state index < -0.39 is 6.04 Å². The summed E-state index contributed by atoms with van der Waals surface area (Å²) in [5.41, 5.74) is 1.61. The van der Waals surface area contributed by atoms with Crippen molar-refractivity contribution in [2.45, 2.75) is 57.2 Å². The molecule has 1 aromatic heterocycles. The van der Waals surface area contributed by atoms with Gasteiger partial charge in [0.25, 0.3) is 5.91 Å². The van der Waals surface area contributed by atoms with Crippen LogP contribution in [0.2, 0.25) is 0 Å². The molecule has 31 heavy (non-hydrogen) atoms. The van der Waals surface area contributed by atoms with Crippen LogP contribution in [0, 0.1) is 5.82 Å². The van der Waals surface area contributed by atoms with E-state index in [9.17, 15) is 14.3 Å².